The fourth-order valence-electron chi connectivity index (χ4n) is 1.76. The fourth-order valence-corrected chi connectivity index (χ4v) is 1.96. The summed E-state index contributed by atoms with van der Waals surface area (Å²) in [5, 5.41) is 0.764. The van der Waals surface area contributed by atoms with Crippen molar-refractivity contribution < 1.29 is 4.79 Å². The van der Waals surface area contributed by atoms with E-state index in [9.17, 15) is 4.79 Å². The van der Waals surface area contributed by atoms with Gasteiger partial charge in [0.25, 0.3) is 0 Å². The molecular formula is C10H9ClO. The molecule has 0 aliphatic heterocycles. The van der Waals surface area contributed by atoms with Gasteiger partial charge in [0.1, 0.15) is 6.29 Å². The van der Waals surface area contributed by atoms with Crippen molar-refractivity contribution in [3.05, 3.63) is 34.3 Å². The number of hydrogen-bond acceptors (Lipinski definition) is 1. The molecule has 1 unspecified atom stereocenters. The van der Waals surface area contributed by atoms with Gasteiger partial charge in [0.05, 0.1) is 0 Å². The molecule has 1 aliphatic carbocycles. The van der Waals surface area contributed by atoms with E-state index in [4.69, 9.17) is 11.6 Å². The lowest BCUT2D eigenvalue weighted by atomic mass is 10.0. The Labute approximate surface area is 76.4 Å². The first-order valence-corrected chi connectivity index (χ1v) is 4.42. The summed E-state index contributed by atoms with van der Waals surface area (Å²) in [6.07, 6.45) is 2.96. The number of benzene rings is 1. The Balaban J connectivity index is 2.47. The van der Waals surface area contributed by atoms with Crippen molar-refractivity contribution in [1.82, 2.24) is 0 Å². The van der Waals surface area contributed by atoms with Crippen LogP contribution in [0.4, 0.5) is 0 Å². The summed E-state index contributed by atoms with van der Waals surface area (Å²) in [5.74, 6) is 0.109. The van der Waals surface area contributed by atoms with Crippen LogP contribution in [0.25, 0.3) is 0 Å². The molecule has 0 radical (unpaired) electrons. The van der Waals surface area contributed by atoms with E-state index in [0.29, 0.717) is 0 Å². The van der Waals surface area contributed by atoms with Gasteiger partial charge in [0.2, 0.25) is 0 Å². The fraction of sp³-hybridized carbons (Fsp3) is 0.300. The van der Waals surface area contributed by atoms with Crippen molar-refractivity contribution in [3.63, 3.8) is 0 Å². The van der Waals surface area contributed by atoms with Crippen LogP contribution in [-0.2, 0) is 11.2 Å². The monoisotopic (exact) mass is 180 g/mol. The Morgan fingerprint density at radius 3 is 3.08 bits per heavy atom. The number of aldehydes is 1. The smallest absolute Gasteiger partial charge is 0.127 e. The SMILES string of the molecule is O=CC1CCc2cc(Cl)ccc21. The third kappa shape index (κ3) is 1.14. The number of halogens is 1. The van der Waals surface area contributed by atoms with E-state index < -0.39 is 0 Å². The van der Waals surface area contributed by atoms with Crippen molar-refractivity contribution in [2.24, 2.45) is 0 Å². The Morgan fingerprint density at radius 1 is 1.50 bits per heavy atom. The predicted octanol–water partition coefficient (Wildman–Crippen LogP) is 2.57. The third-order valence-corrected chi connectivity index (χ3v) is 2.63. The predicted molar refractivity (Wildman–Crippen MR) is 48.6 cm³/mol. The molecule has 0 fully saturated rings. The molecule has 0 bridgehead atoms. The average molecular weight is 181 g/mol. The summed E-state index contributed by atoms with van der Waals surface area (Å²) < 4.78 is 0. The van der Waals surface area contributed by atoms with Crippen molar-refractivity contribution in [1.29, 1.82) is 0 Å². The maximum absolute atomic E-state index is 10.6. The zero-order valence-electron chi connectivity index (χ0n) is 6.59. The Hall–Kier alpha value is -0.820. The van der Waals surface area contributed by atoms with Gasteiger partial charge >= 0.3 is 0 Å². The van der Waals surface area contributed by atoms with Crippen LogP contribution in [0, 0.1) is 0 Å². The van der Waals surface area contributed by atoms with Gasteiger partial charge in [-0.1, -0.05) is 17.7 Å². The maximum Gasteiger partial charge on any atom is 0.127 e. The summed E-state index contributed by atoms with van der Waals surface area (Å²) >= 11 is 5.83. The van der Waals surface area contributed by atoms with Crippen molar-refractivity contribution >= 4 is 17.9 Å². The standard InChI is InChI=1S/C10H9ClO/c11-9-3-4-10-7(5-9)1-2-8(10)6-12/h3-6,8H,1-2H2. The van der Waals surface area contributed by atoms with Crippen LogP contribution in [0.1, 0.15) is 23.5 Å². The maximum atomic E-state index is 10.6. The van der Waals surface area contributed by atoms with Crippen LogP contribution in [0.2, 0.25) is 5.02 Å². The van der Waals surface area contributed by atoms with Gasteiger partial charge in [-0.2, -0.15) is 0 Å². The first-order valence-electron chi connectivity index (χ1n) is 4.05. The normalized spacial score (nSPS) is 20.6. The molecule has 1 aliphatic rings. The number of carbonyl (C=O) groups excluding carboxylic acids is 1. The summed E-state index contributed by atoms with van der Waals surface area (Å²) in [7, 11) is 0. The molecule has 12 heavy (non-hydrogen) atoms. The second kappa shape index (κ2) is 2.91. The number of rotatable bonds is 1. The van der Waals surface area contributed by atoms with Crippen LogP contribution in [0.3, 0.4) is 0 Å². The molecule has 62 valence electrons. The van der Waals surface area contributed by atoms with Gasteiger partial charge in [-0.15, -0.1) is 0 Å². The molecule has 0 saturated heterocycles. The average Bonchev–Trinajstić information content (AvgIpc) is 2.46. The van der Waals surface area contributed by atoms with E-state index in [2.05, 4.69) is 0 Å². The van der Waals surface area contributed by atoms with Crippen LogP contribution in [-0.4, -0.2) is 6.29 Å². The Morgan fingerprint density at radius 2 is 2.33 bits per heavy atom. The summed E-state index contributed by atoms with van der Waals surface area (Å²) in [4.78, 5) is 10.6. The number of hydrogen-bond donors (Lipinski definition) is 0. The number of carbonyl (C=O) groups is 1. The minimum absolute atomic E-state index is 0.109. The number of aryl methyl sites for hydroxylation is 1. The summed E-state index contributed by atoms with van der Waals surface area (Å²) in [5.41, 5.74) is 2.40. The van der Waals surface area contributed by atoms with Gasteiger partial charge in [0, 0.05) is 10.9 Å². The zero-order chi connectivity index (χ0) is 8.55. The van der Waals surface area contributed by atoms with Gasteiger partial charge in [-0.05, 0) is 36.1 Å². The molecule has 0 heterocycles. The lowest BCUT2D eigenvalue weighted by Crippen LogP contribution is -1.92. The van der Waals surface area contributed by atoms with E-state index in [1.165, 1.54) is 5.56 Å². The van der Waals surface area contributed by atoms with Crippen molar-refractivity contribution in [2.75, 3.05) is 0 Å². The topological polar surface area (TPSA) is 17.1 Å². The Bertz CT molecular complexity index is 320. The van der Waals surface area contributed by atoms with E-state index >= 15 is 0 Å². The second-order valence-corrected chi connectivity index (χ2v) is 3.56. The highest BCUT2D eigenvalue weighted by Crippen LogP contribution is 2.32. The zero-order valence-corrected chi connectivity index (χ0v) is 7.34. The van der Waals surface area contributed by atoms with Crippen LogP contribution < -0.4 is 0 Å². The van der Waals surface area contributed by atoms with Crippen LogP contribution in [0.5, 0.6) is 0 Å². The molecule has 1 aromatic carbocycles. The first kappa shape index (κ1) is 7.81. The second-order valence-electron chi connectivity index (χ2n) is 3.12. The van der Waals surface area contributed by atoms with E-state index in [-0.39, 0.29) is 5.92 Å². The quantitative estimate of drug-likeness (QED) is 0.608. The molecule has 2 heteroatoms. The molecule has 1 nitrogen and oxygen atoms in total. The lowest BCUT2D eigenvalue weighted by Gasteiger charge is -2.01. The highest BCUT2D eigenvalue weighted by atomic mass is 35.5. The van der Waals surface area contributed by atoms with Crippen molar-refractivity contribution in [3.8, 4) is 0 Å². The highest BCUT2D eigenvalue weighted by molar-refractivity contribution is 6.30. The summed E-state index contributed by atoms with van der Waals surface area (Å²) in [6, 6.07) is 5.77. The van der Waals surface area contributed by atoms with Gasteiger partial charge in [-0.3, -0.25) is 0 Å². The minimum Gasteiger partial charge on any atom is -0.303 e. The van der Waals surface area contributed by atoms with Crippen LogP contribution >= 0.6 is 11.6 Å². The molecular weight excluding hydrogens is 172 g/mol. The third-order valence-electron chi connectivity index (χ3n) is 2.39. The molecule has 2 rings (SSSR count). The van der Waals surface area contributed by atoms with Crippen LogP contribution in [0.15, 0.2) is 18.2 Å². The first-order chi connectivity index (χ1) is 5.81. The van der Waals surface area contributed by atoms with E-state index in [1.54, 1.807) is 0 Å². The summed E-state index contributed by atoms with van der Waals surface area (Å²) in [6.45, 7) is 0. The van der Waals surface area contributed by atoms with E-state index in [0.717, 1.165) is 29.7 Å². The molecule has 0 N–H and O–H groups in total. The lowest BCUT2D eigenvalue weighted by molar-refractivity contribution is -0.109. The molecule has 1 aromatic rings. The molecule has 1 atom stereocenters. The minimum atomic E-state index is 0.109. The molecule has 0 amide bonds. The van der Waals surface area contributed by atoms with Gasteiger partial charge in [0.15, 0.2) is 0 Å². The Kier molecular flexibility index (Phi) is 1.89. The van der Waals surface area contributed by atoms with Gasteiger partial charge in [-0.25, -0.2) is 0 Å². The van der Waals surface area contributed by atoms with Crippen molar-refractivity contribution in [2.45, 2.75) is 18.8 Å². The van der Waals surface area contributed by atoms with Gasteiger partial charge < -0.3 is 4.79 Å². The number of fused-ring (bicyclic) bond motifs is 1. The largest absolute Gasteiger partial charge is 0.303 e. The molecule has 0 saturated carbocycles. The highest BCUT2D eigenvalue weighted by Gasteiger charge is 2.21. The molecule has 0 aromatic heterocycles. The molecule has 0 spiro atoms. The van der Waals surface area contributed by atoms with E-state index in [1.807, 2.05) is 18.2 Å².